The minimum absolute atomic E-state index is 0.0690. The van der Waals surface area contributed by atoms with Gasteiger partial charge in [0, 0.05) is 11.6 Å². The summed E-state index contributed by atoms with van der Waals surface area (Å²) >= 11 is 0. The molecule has 0 saturated carbocycles. The third-order valence-corrected chi connectivity index (χ3v) is 2.13. The lowest BCUT2D eigenvalue weighted by Crippen LogP contribution is -2.12. The Morgan fingerprint density at radius 2 is 2.24 bits per heavy atom. The van der Waals surface area contributed by atoms with Crippen molar-refractivity contribution in [2.24, 2.45) is 5.73 Å². The Balaban J connectivity index is 3.27. The van der Waals surface area contributed by atoms with Gasteiger partial charge in [0.1, 0.15) is 11.6 Å². The topological polar surface area (TPSA) is 110 Å². The van der Waals surface area contributed by atoms with Crippen molar-refractivity contribution in [2.45, 2.75) is 6.92 Å². The van der Waals surface area contributed by atoms with Crippen molar-refractivity contribution in [3.63, 3.8) is 0 Å². The number of carbonyl (C=O) groups excluding carboxylic acids is 1. The molecule has 0 heterocycles. The fraction of sp³-hybridized carbons (Fsp3) is 0.0909. The zero-order valence-electron chi connectivity index (χ0n) is 9.01. The largest absolute Gasteiger partial charge is 0.365 e. The molecule has 1 rings (SSSR count). The van der Waals surface area contributed by atoms with Crippen LogP contribution >= 0.6 is 0 Å². The van der Waals surface area contributed by atoms with E-state index >= 15 is 0 Å². The van der Waals surface area contributed by atoms with Crippen LogP contribution in [0.15, 0.2) is 23.8 Å². The van der Waals surface area contributed by atoms with E-state index in [4.69, 9.17) is 11.0 Å². The van der Waals surface area contributed by atoms with Gasteiger partial charge in [-0.25, -0.2) is 0 Å². The van der Waals surface area contributed by atoms with Gasteiger partial charge in [0.25, 0.3) is 11.6 Å². The number of amides is 1. The summed E-state index contributed by atoms with van der Waals surface area (Å²) in [5, 5.41) is 19.3. The van der Waals surface area contributed by atoms with Gasteiger partial charge in [-0.1, -0.05) is 12.1 Å². The summed E-state index contributed by atoms with van der Waals surface area (Å²) in [6.07, 6.45) is 1.22. The van der Waals surface area contributed by atoms with E-state index in [1.807, 2.05) is 0 Å². The van der Waals surface area contributed by atoms with E-state index < -0.39 is 10.8 Å². The van der Waals surface area contributed by atoms with Crippen LogP contribution in [-0.2, 0) is 4.79 Å². The van der Waals surface area contributed by atoms with Crippen molar-refractivity contribution in [3.8, 4) is 6.07 Å². The second-order valence-electron chi connectivity index (χ2n) is 3.34. The Kier molecular flexibility index (Phi) is 3.57. The van der Waals surface area contributed by atoms with E-state index in [2.05, 4.69) is 0 Å². The number of nitrogens with zero attached hydrogens (tertiary/aromatic N) is 2. The SMILES string of the molecule is Cc1ccc(/C=C(\C#N)C(N)=O)cc1[N+](=O)[O-]. The molecule has 86 valence electrons. The number of aryl methyl sites for hydroxylation is 1. The van der Waals surface area contributed by atoms with Gasteiger partial charge >= 0.3 is 0 Å². The first-order valence-corrected chi connectivity index (χ1v) is 4.62. The molecule has 0 bridgehead atoms. The Labute approximate surface area is 97.1 Å². The van der Waals surface area contributed by atoms with Gasteiger partial charge in [-0.05, 0) is 18.6 Å². The van der Waals surface area contributed by atoms with Crippen molar-refractivity contribution in [1.29, 1.82) is 5.26 Å². The van der Waals surface area contributed by atoms with Crippen LogP contribution in [0.5, 0.6) is 0 Å². The van der Waals surface area contributed by atoms with Gasteiger partial charge in [0.2, 0.25) is 0 Å². The predicted octanol–water partition coefficient (Wildman–Crippen LogP) is 1.30. The Hall–Kier alpha value is -2.68. The molecule has 0 fully saturated rings. The number of carbonyl (C=O) groups is 1. The molecule has 6 nitrogen and oxygen atoms in total. The fourth-order valence-electron chi connectivity index (χ4n) is 1.24. The minimum Gasteiger partial charge on any atom is -0.365 e. The zero-order chi connectivity index (χ0) is 13.0. The third kappa shape index (κ3) is 2.89. The molecule has 0 unspecified atom stereocenters. The van der Waals surface area contributed by atoms with Crippen LogP contribution in [0, 0.1) is 28.4 Å². The Morgan fingerprint density at radius 1 is 1.59 bits per heavy atom. The summed E-state index contributed by atoms with van der Waals surface area (Å²) < 4.78 is 0. The Morgan fingerprint density at radius 3 is 2.71 bits per heavy atom. The van der Waals surface area contributed by atoms with Gasteiger partial charge < -0.3 is 5.73 Å². The zero-order valence-corrected chi connectivity index (χ0v) is 9.01. The van der Waals surface area contributed by atoms with Gasteiger partial charge in [0.15, 0.2) is 0 Å². The number of nitrogens with two attached hydrogens (primary N) is 1. The molecule has 0 aliphatic rings. The van der Waals surface area contributed by atoms with Gasteiger partial charge in [-0.2, -0.15) is 5.26 Å². The molecule has 0 spiro atoms. The molecule has 0 saturated heterocycles. The van der Waals surface area contributed by atoms with Gasteiger partial charge in [-0.3, -0.25) is 14.9 Å². The quantitative estimate of drug-likeness (QED) is 0.365. The molecule has 1 aromatic rings. The first-order valence-electron chi connectivity index (χ1n) is 4.62. The maximum absolute atomic E-state index is 10.8. The summed E-state index contributed by atoms with van der Waals surface area (Å²) in [5.74, 6) is -0.865. The van der Waals surface area contributed by atoms with Crippen LogP contribution in [0.25, 0.3) is 6.08 Å². The molecule has 6 heteroatoms. The van der Waals surface area contributed by atoms with E-state index in [1.165, 1.54) is 12.1 Å². The summed E-state index contributed by atoms with van der Waals surface area (Å²) in [7, 11) is 0. The third-order valence-electron chi connectivity index (χ3n) is 2.13. The molecular weight excluding hydrogens is 222 g/mol. The monoisotopic (exact) mass is 231 g/mol. The molecule has 0 aliphatic carbocycles. The fourth-order valence-corrected chi connectivity index (χ4v) is 1.24. The second-order valence-corrected chi connectivity index (χ2v) is 3.34. The average molecular weight is 231 g/mol. The molecule has 0 aromatic heterocycles. The first kappa shape index (κ1) is 12.4. The minimum atomic E-state index is -0.865. The lowest BCUT2D eigenvalue weighted by molar-refractivity contribution is -0.385. The molecule has 0 radical (unpaired) electrons. The summed E-state index contributed by atoms with van der Waals surface area (Å²) in [5.41, 5.74) is 5.53. The van der Waals surface area contributed by atoms with Crippen LogP contribution in [0.2, 0.25) is 0 Å². The summed E-state index contributed by atoms with van der Waals surface area (Å²) in [6, 6.07) is 6.03. The van der Waals surface area contributed by atoms with Crippen LogP contribution in [0.1, 0.15) is 11.1 Å². The van der Waals surface area contributed by atoms with E-state index in [0.29, 0.717) is 11.1 Å². The Bertz CT molecular complexity index is 556. The molecule has 17 heavy (non-hydrogen) atoms. The van der Waals surface area contributed by atoms with Crippen LogP contribution in [0.3, 0.4) is 0 Å². The smallest absolute Gasteiger partial charge is 0.272 e. The maximum atomic E-state index is 10.8. The molecule has 1 amide bonds. The molecular formula is C11H9N3O3. The highest BCUT2D eigenvalue weighted by Gasteiger charge is 2.11. The first-order chi connectivity index (χ1) is 7.95. The number of nitro groups is 1. The standard InChI is InChI=1S/C11H9N3O3/c1-7-2-3-8(5-10(7)14(16)17)4-9(6-12)11(13)15/h2-5H,1H3,(H2,13,15)/b9-4+. The van der Waals surface area contributed by atoms with Crippen molar-refractivity contribution in [1.82, 2.24) is 0 Å². The summed E-state index contributed by atoms with van der Waals surface area (Å²) in [6.45, 7) is 1.60. The van der Waals surface area contributed by atoms with Crippen molar-refractivity contribution < 1.29 is 9.72 Å². The molecule has 1 aromatic carbocycles. The molecule has 0 aliphatic heterocycles. The van der Waals surface area contributed by atoms with E-state index in [1.54, 1.807) is 25.1 Å². The average Bonchev–Trinajstić information content (AvgIpc) is 2.27. The number of nitriles is 1. The van der Waals surface area contributed by atoms with Crippen LogP contribution in [-0.4, -0.2) is 10.8 Å². The number of hydrogen-bond donors (Lipinski definition) is 1. The highest BCUT2D eigenvalue weighted by molar-refractivity contribution is 6.00. The number of hydrogen-bond acceptors (Lipinski definition) is 4. The lowest BCUT2D eigenvalue weighted by atomic mass is 10.1. The predicted molar refractivity (Wildman–Crippen MR) is 60.6 cm³/mol. The lowest BCUT2D eigenvalue weighted by Gasteiger charge is -1.99. The van der Waals surface area contributed by atoms with E-state index in [9.17, 15) is 14.9 Å². The van der Waals surface area contributed by atoms with Gasteiger partial charge in [0.05, 0.1) is 4.92 Å². The molecule has 2 N–H and O–H groups in total. The highest BCUT2D eigenvalue weighted by Crippen LogP contribution is 2.20. The van der Waals surface area contributed by atoms with E-state index in [-0.39, 0.29) is 11.3 Å². The van der Waals surface area contributed by atoms with Crippen molar-refractivity contribution in [2.75, 3.05) is 0 Å². The van der Waals surface area contributed by atoms with Crippen LogP contribution in [0.4, 0.5) is 5.69 Å². The molecule has 0 atom stereocenters. The number of benzene rings is 1. The van der Waals surface area contributed by atoms with Crippen LogP contribution < -0.4 is 5.73 Å². The summed E-state index contributed by atoms with van der Waals surface area (Å²) in [4.78, 5) is 21.0. The number of rotatable bonds is 3. The van der Waals surface area contributed by atoms with Crippen molar-refractivity contribution in [3.05, 3.63) is 45.0 Å². The van der Waals surface area contributed by atoms with Crippen molar-refractivity contribution >= 4 is 17.7 Å². The highest BCUT2D eigenvalue weighted by atomic mass is 16.6. The number of primary amides is 1. The second kappa shape index (κ2) is 4.90. The normalized spacial score (nSPS) is 10.7. The van der Waals surface area contributed by atoms with Gasteiger partial charge in [-0.15, -0.1) is 0 Å². The number of nitro benzene ring substituents is 1. The van der Waals surface area contributed by atoms with E-state index in [0.717, 1.165) is 0 Å². The maximum Gasteiger partial charge on any atom is 0.272 e.